The van der Waals surface area contributed by atoms with E-state index in [1.807, 2.05) is 11.0 Å². The van der Waals surface area contributed by atoms with Crippen LogP contribution in [0.4, 0.5) is 4.39 Å². The van der Waals surface area contributed by atoms with Crippen LogP contribution in [0.2, 0.25) is 0 Å². The molecule has 0 radical (unpaired) electrons. The number of benzene rings is 1. The Morgan fingerprint density at radius 3 is 2.75 bits per heavy atom. The van der Waals surface area contributed by atoms with Crippen LogP contribution < -0.4 is 0 Å². The summed E-state index contributed by atoms with van der Waals surface area (Å²) >= 11 is 0. The molecule has 1 aromatic heterocycles. The van der Waals surface area contributed by atoms with Crippen LogP contribution in [-0.2, 0) is 17.6 Å². The summed E-state index contributed by atoms with van der Waals surface area (Å²) in [5, 5.41) is 0. The molecule has 0 bridgehead atoms. The lowest BCUT2D eigenvalue weighted by Crippen LogP contribution is -2.40. The largest absolute Gasteiger partial charge is 0.342 e. The molecule has 1 aromatic carbocycles. The minimum absolute atomic E-state index is 0.222. The molecule has 1 saturated carbocycles. The Labute approximate surface area is 140 Å². The maximum Gasteiger partial charge on any atom is 0.225 e. The number of halogens is 1. The van der Waals surface area contributed by atoms with Crippen molar-refractivity contribution in [2.75, 3.05) is 13.1 Å². The van der Waals surface area contributed by atoms with Gasteiger partial charge < -0.3 is 4.90 Å². The van der Waals surface area contributed by atoms with Crippen molar-refractivity contribution in [2.45, 2.75) is 32.1 Å². The zero-order valence-corrected chi connectivity index (χ0v) is 13.5. The molecule has 0 spiro atoms. The summed E-state index contributed by atoms with van der Waals surface area (Å²) in [6.45, 7) is 1.40. The van der Waals surface area contributed by atoms with Gasteiger partial charge in [0.2, 0.25) is 5.91 Å². The summed E-state index contributed by atoms with van der Waals surface area (Å²) in [6, 6.07) is 6.50. The quantitative estimate of drug-likeness (QED) is 0.853. The summed E-state index contributed by atoms with van der Waals surface area (Å²) in [5.74, 6) is 0.240. The van der Waals surface area contributed by atoms with Crippen LogP contribution in [0.15, 0.2) is 30.6 Å². The minimum Gasteiger partial charge on any atom is -0.342 e. The maximum absolute atomic E-state index is 13.6. The fourth-order valence-electron chi connectivity index (χ4n) is 3.54. The third-order valence-corrected chi connectivity index (χ3v) is 5.15. The van der Waals surface area contributed by atoms with Crippen molar-refractivity contribution >= 4 is 5.91 Å². The summed E-state index contributed by atoms with van der Waals surface area (Å²) in [6.07, 6.45) is 6.22. The highest BCUT2D eigenvalue weighted by Gasteiger charge is 2.30. The van der Waals surface area contributed by atoms with Crippen LogP contribution >= 0.6 is 0 Å². The van der Waals surface area contributed by atoms with Gasteiger partial charge in [0.25, 0.3) is 0 Å². The van der Waals surface area contributed by atoms with Crippen molar-refractivity contribution in [1.29, 1.82) is 0 Å². The van der Waals surface area contributed by atoms with Gasteiger partial charge in [-0.3, -0.25) is 4.79 Å². The summed E-state index contributed by atoms with van der Waals surface area (Å²) < 4.78 is 13.6. The second-order valence-electron chi connectivity index (χ2n) is 6.61. The first kappa shape index (κ1) is 15.2. The van der Waals surface area contributed by atoms with Crippen LogP contribution in [0.25, 0.3) is 11.3 Å². The molecule has 124 valence electrons. The highest BCUT2D eigenvalue weighted by atomic mass is 19.1. The zero-order chi connectivity index (χ0) is 16.5. The predicted molar refractivity (Wildman–Crippen MR) is 88.8 cm³/mol. The lowest BCUT2D eigenvalue weighted by atomic mass is 9.84. The number of hydrogen-bond donors (Lipinski definition) is 0. The first-order valence-electron chi connectivity index (χ1n) is 8.60. The van der Waals surface area contributed by atoms with Crippen LogP contribution in [0.5, 0.6) is 0 Å². The number of amides is 1. The van der Waals surface area contributed by atoms with E-state index in [0.29, 0.717) is 13.1 Å². The molecule has 1 aliphatic carbocycles. The van der Waals surface area contributed by atoms with Gasteiger partial charge in [0.1, 0.15) is 12.1 Å². The fraction of sp³-hybridized carbons (Fsp3) is 0.421. The van der Waals surface area contributed by atoms with Gasteiger partial charge in [-0.2, -0.15) is 0 Å². The smallest absolute Gasteiger partial charge is 0.225 e. The van der Waals surface area contributed by atoms with Crippen LogP contribution in [-0.4, -0.2) is 33.9 Å². The Morgan fingerprint density at radius 1 is 1.17 bits per heavy atom. The van der Waals surface area contributed by atoms with Crippen molar-refractivity contribution < 1.29 is 9.18 Å². The van der Waals surface area contributed by atoms with Gasteiger partial charge in [-0.25, -0.2) is 14.4 Å². The monoisotopic (exact) mass is 325 g/mol. The minimum atomic E-state index is -0.268. The van der Waals surface area contributed by atoms with Crippen molar-refractivity contribution in [3.05, 3.63) is 47.7 Å². The van der Waals surface area contributed by atoms with Gasteiger partial charge in [0.15, 0.2) is 0 Å². The van der Waals surface area contributed by atoms with Gasteiger partial charge >= 0.3 is 0 Å². The zero-order valence-electron chi connectivity index (χ0n) is 13.5. The van der Waals surface area contributed by atoms with E-state index in [2.05, 4.69) is 9.97 Å². The summed E-state index contributed by atoms with van der Waals surface area (Å²) in [7, 11) is 0. The second kappa shape index (κ2) is 6.30. The van der Waals surface area contributed by atoms with E-state index in [1.165, 1.54) is 18.6 Å². The number of nitrogens with zero attached hydrogens (tertiary/aromatic N) is 3. The van der Waals surface area contributed by atoms with Crippen LogP contribution in [0.1, 0.15) is 30.5 Å². The Balaban J connectivity index is 1.61. The average molecular weight is 325 g/mol. The number of hydrogen-bond acceptors (Lipinski definition) is 3. The molecular weight excluding hydrogens is 305 g/mol. The predicted octanol–water partition coefficient (Wildman–Crippen LogP) is 3.01. The number of carbonyl (C=O) groups is 1. The molecule has 5 heteroatoms. The highest BCUT2D eigenvalue weighted by molar-refractivity contribution is 5.79. The van der Waals surface area contributed by atoms with Gasteiger partial charge in [-0.05, 0) is 31.4 Å². The summed E-state index contributed by atoms with van der Waals surface area (Å²) in [5.41, 5.74) is 3.59. The number of aromatic nitrogens is 2. The van der Waals surface area contributed by atoms with Crippen molar-refractivity contribution in [3.63, 3.8) is 0 Å². The van der Waals surface area contributed by atoms with Gasteiger partial charge in [0, 0.05) is 42.2 Å². The molecule has 0 N–H and O–H groups in total. The fourth-order valence-corrected chi connectivity index (χ4v) is 3.54. The van der Waals surface area contributed by atoms with Gasteiger partial charge in [-0.1, -0.05) is 18.6 Å². The molecule has 0 unspecified atom stereocenters. The van der Waals surface area contributed by atoms with E-state index in [-0.39, 0.29) is 17.6 Å². The molecular formula is C19H20FN3O. The van der Waals surface area contributed by atoms with E-state index in [0.717, 1.165) is 48.2 Å². The average Bonchev–Trinajstić information content (AvgIpc) is 2.75. The Morgan fingerprint density at radius 2 is 2.00 bits per heavy atom. The molecule has 1 aliphatic heterocycles. The topological polar surface area (TPSA) is 46.1 Å². The Bertz CT molecular complexity index is 773. The standard InChI is InChI=1S/C19H20FN3O/c20-15-6-2-5-14(11-15)18-16-7-9-23(19(24)13-3-1-4-13)10-8-17(16)21-12-22-18/h2,5-6,11-13H,1,3-4,7-10H2. The molecule has 24 heavy (non-hydrogen) atoms. The number of rotatable bonds is 2. The normalized spacial score (nSPS) is 17.8. The molecule has 0 saturated heterocycles. The Kier molecular flexibility index (Phi) is 4.00. The van der Waals surface area contributed by atoms with E-state index in [1.54, 1.807) is 12.4 Å². The molecule has 2 aromatic rings. The highest BCUT2D eigenvalue weighted by Crippen LogP contribution is 2.30. The third-order valence-electron chi connectivity index (χ3n) is 5.15. The molecule has 1 fully saturated rings. The molecule has 0 atom stereocenters. The third kappa shape index (κ3) is 2.79. The van der Waals surface area contributed by atoms with Gasteiger partial charge in [0.05, 0.1) is 5.69 Å². The number of fused-ring (bicyclic) bond motifs is 1. The number of carbonyl (C=O) groups excluding carboxylic acids is 1. The molecule has 2 heterocycles. The SMILES string of the molecule is O=C(C1CCC1)N1CCc2ncnc(-c3cccc(F)c3)c2CC1. The van der Waals surface area contributed by atoms with Crippen LogP contribution in [0.3, 0.4) is 0 Å². The van der Waals surface area contributed by atoms with E-state index < -0.39 is 0 Å². The summed E-state index contributed by atoms with van der Waals surface area (Å²) in [4.78, 5) is 23.3. The van der Waals surface area contributed by atoms with Crippen LogP contribution in [0, 0.1) is 11.7 Å². The maximum atomic E-state index is 13.6. The first-order valence-corrected chi connectivity index (χ1v) is 8.60. The molecule has 2 aliphatic rings. The Hall–Kier alpha value is -2.30. The van der Waals surface area contributed by atoms with E-state index >= 15 is 0 Å². The lowest BCUT2D eigenvalue weighted by Gasteiger charge is -2.30. The van der Waals surface area contributed by atoms with Crippen molar-refractivity contribution in [2.24, 2.45) is 5.92 Å². The van der Waals surface area contributed by atoms with Gasteiger partial charge in [-0.15, -0.1) is 0 Å². The van der Waals surface area contributed by atoms with Crippen molar-refractivity contribution in [1.82, 2.24) is 14.9 Å². The molecule has 1 amide bonds. The van der Waals surface area contributed by atoms with Crippen molar-refractivity contribution in [3.8, 4) is 11.3 Å². The molecule has 4 rings (SSSR count). The first-order chi connectivity index (χ1) is 11.7. The lowest BCUT2D eigenvalue weighted by molar-refractivity contribution is -0.138. The van der Waals surface area contributed by atoms with E-state index in [9.17, 15) is 9.18 Å². The van der Waals surface area contributed by atoms with E-state index in [4.69, 9.17) is 0 Å². The molecule has 4 nitrogen and oxygen atoms in total. The second-order valence-corrected chi connectivity index (χ2v) is 6.61.